The van der Waals surface area contributed by atoms with Crippen molar-refractivity contribution in [3.63, 3.8) is 0 Å². The Balaban J connectivity index is 0. The number of hydrogen-bond donors (Lipinski definition) is 1. The van der Waals surface area contributed by atoms with Crippen LogP contribution < -0.4 is 5.32 Å². The van der Waals surface area contributed by atoms with Gasteiger partial charge in [0.1, 0.15) is 5.67 Å². The second-order valence-electron chi connectivity index (χ2n) is 9.61. The van der Waals surface area contributed by atoms with Crippen LogP contribution in [0.5, 0.6) is 0 Å². The second-order valence-corrected chi connectivity index (χ2v) is 18.8. The van der Waals surface area contributed by atoms with Crippen LogP contribution in [0.25, 0.3) is 0 Å². The van der Waals surface area contributed by atoms with Gasteiger partial charge in [0, 0.05) is 26.7 Å². The first-order valence-corrected chi connectivity index (χ1v) is 20.4. The normalized spacial score (nSPS) is 15.8. The number of rotatable bonds is 20. The van der Waals surface area contributed by atoms with Crippen LogP contribution in [0.15, 0.2) is 0 Å². The maximum absolute atomic E-state index is 13.1. The van der Waals surface area contributed by atoms with Crippen LogP contribution in [0, 0.1) is 0 Å². The number of carbonyl (C=O) groups excluding carboxylic acids is 1. The van der Waals surface area contributed by atoms with Gasteiger partial charge in [-0.1, -0.05) is 48.5 Å². The molecule has 0 aromatic rings. The van der Waals surface area contributed by atoms with Gasteiger partial charge in [-0.3, -0.25) is 0 Å². The number of hydrogen-bond acceptors (Lipinski definition) is 5. The molecule has 0 heterocycles. The second kappa shape index (κ2) is 17.7. The van der Waals surface area contributed by atoms with Crippen molar-refractivity contribution in [3.05, 3.63) is 0 Å². The van der Waals surface area contributed by atoms with Crippen molar-refractivity contribution in [2.75, 3.05) is 38.3 Å². The van der Waals surface area contributed by atoms with E-state index in [0.717, 1.165) is 38.5 Å². The fourth-order valence-corrected chi connectivity index (χ4v) is 12.1. The molecule has 0 aliphatic heterocycles. The zero-order chi connectivity index (χ0) is 30.9. The van der Waals surface area contributed by atoms with Crippen molar-refractivity contribution < 1.29 is 48.0 Å². The van der Waals surface area contributed by atoms with Crippen LogP contribution in [-0.4, -0.2) is 64.7 Å². The first-order valence-electron chi connectivity index (χ1n) is 14.1. The molecule has 0 saturated heterocycles. The van der Waals surface area contributed by atoms with Crippen LogP contribution in [-0.2, 0) is 18.0 Å². The van der Waals surface area contributed by atoms with Crippen molar-refractivity contribution >= 4 is 30.0 Å². The predicted molar refractivity (Wildman–Crippen MR) is 154 cm³/mol. The fraction of sp³-hybridized carbons (Fsp3) is 0.958. The molecule has 0 bridgehead atoms. The Labute approximate surface area is 233 Å². The van der Waals surface area contributed by atoms with Gasteiger partial charge in [0.25, 0.3) is 0 Å². The first-order chi connectivity index (χ1) is 17.8. The number of alkyl carbamates (subject to hydrolysis) is 1. The summed E-state index contributed by atoms with van der Waals surface area (Å²) in [6.45, 7) is 18.7. The van der Waals surface area contributed by atoms with Crippen LogP contribution in [0.4, 0.5) is 30.0 Å². The topological polar surface area (TPSA) is 66.0 Å². The summed E-state index contributed by atoms with van der Waals surface area (Å²) in [5, 5.41) is 3.11. The van der Waals surface area contributed by atoms with Crippen molar-refractivity contribution in [3.8, 4) is 0 Å². The van der Waals surface area contributed by atoms with Gasteiger partial charge in [0.2, 0.25) is 5.85 Å². The summed E-state index contributed by atoms with van der Waals surface area (Å²) in [5.41, 5.74) is -0.317. The molecule has 1 amide bonds. The Morgan fingerprint density at radius 2 is 1.05 bits per heavy atom. The summed E-state index contributed by atoms with van der Waals surface area (Å²) >= 11 is 0. The minimum absolute atomic E-state index is 0.0411. The quantitative estimate of drug-likeness (QED) is 0.0816. The molecule has 15 heteroatoms. The summed E-state index contributed by atoms with van der Waals surface area (Å²) in [6.07, 6.45) is 9.86. The van der Waals surface area contributed by atoms with E-state index in [1.54, 1.807) is 0 Å². The van der Waals surface area contributed by atoms with Crippen molar-refractivity contribution in [2.24, 2.45) is 0 Å². The number of amides is 1. The van der Waals surface area contributed by atoms with Gasteiger partial charge in [-0.25, -0.2) is 4.79 Å². The molecule has 2 unspecified atom stereocenters. The molecule has 0 aliphatic rings. The minimum atomic E-state index is -10.7. The van der Waals surface area contributed by atoms with Crippen LogP contribution >= 0.6 is 15.1 Å². The molecular weight excluding hydrogens is 586 g/mol. The molecule has 0 aromatic heterocycles. The molecule has 6 nitrogen and oxygen atoms in total. The van der Waals surface area contributed by atoms with E-state index < -0.39 is 23.9 Å². The van der Waals surface area contributed by atoms with Crippen LogP contribution in [0.1, 0.15) is 100 Å². The Morgan fingerprint density at radius 1 is 0.718 bits per heavy atom. The van der Waals surface area contributed by atoms with Gasteiger partial charge in [0.05, 0.1) is 25.7 Å². The van der Waals surface area contributed by atoms with Gasteiger partial charge in [-0.15, -0.1) is 0 Å². The Morgan fingerprint density at radius 3 is 1.31 bits per heavy atom. The number of halogens is 6. The molecule has 0 rings (SSSR count). The Hall–Kier alpha value is -0.193. The molecule has 1 N–H and O–H groups in total. The van der Waals surface area contributed by atoms with E-state index in [9.17, 15) is 30.0 Å². The SMILES string of the molecule is CCCO[Si](OCCC)(OCCC)C(CC)NC(=O)OC(C)[P+](CCC)(CCC)CCC.F[P-](F)(F)(F)(F)F. The standard InChI is InChI=1S/C24H52NO5PSi.F6P/c1-9-16-27-32(28-17-10-2,29-18-11-3)23(15-7)25-24(26)30-22(8)31(19-12-4,20-13-5)21-14-6;1-7(2,3,4,5)6/h22-23H,9-21H2,1-8H3;/q;-1/p+1. The summed E-state index contributed by atoms with van der Waals surface area (Å²) in [5.74, 6) is -0.0411. The molecule has 0 aliphatic carbocycles. The summed E-state index contributed by atoms with van der Waals surface area (Å²) in [6, 6.07) is 0. The van der Waals surface area contributed by atoms with E-state index in [2.05, 4.69) is 53.8 Å². The molecular formula is C24H53F6NO5P2Si. The Kier molecular flexibility index (Phi) is 18.6. The van der Waals surface area contributed by atoms with Crippen molar-refractivity contribution in [1.29, 1.82) is 0 Å². The zero-order valence-electron chi connectivity index (χ0n) is 25.1. The summed E-state index contributed by atoms with van der Waals surface area (Å²) in [4.78, 5) is 13.1. The van der Waals surface area contributed by atoms with E-state index in [1.165, 1.54) is 18.5 Å². The molecule has 0 saturated carbocycles. The molecule has 0 spiro atoms. The molecule has 39 heavy (non-hydrogen) atoms. The monoisotopic (exact) mass is 639 g/mol. The van der Waals surface area contributed by atoms with Crippen LogP contribution in [0.3, 0.4) is 0 Å². The van der Waals surface area contributed by atoms with Crippen molar-refractivity contribution in [2.45, 2.75) is 112 Å². The summed E-state index contributed by atoms with van der Waals surface area (Å²) < 4.78 is 84.0. The van der Waals surface area contributed by atoms with Gasteiger partial charge in [-0.05, 0) is 44.9 Å². The van der Waals surface area contributed by atoms with Crippen LogP contribution in [0.2, 0.25) is 0 Å². The van der Waals surface area contributed by atoms with E-state index >= 15 is 0 Å². The Bertz CT molecular complexity index is 627. The third-order valence-corrected chi connectivity index (χ3v) is 14.6. The van der Waals surface area contributed by atoms with Gasteiger partial charge in [0.15, 0.2) is 0 Å². The molecule has 2 atom stereocenters. The number of ether oxygens (including phenoxy) is 1. The number of nitrogens with one attached hydrogen (secondary N) is 1. The average Bonchev–Trinajstić information content (AvgIpc) is 2.81. The predicted octanol–water partition coefficient (Wildman–Crippen LogP) is 10.2. The van der Waals surface area contributed by atoms with Gasteiger partial charge < -0.3 is 23.3 Å². The van der Waals surface area contributed by atoms with E-state index in [1.807, 2.05) is 6.92 Å². The van der Waals surface area contributed by atoms with Crippen molar-refractivity contribution in [1.82, 2.24) is 5.32 Å². The van der Waals surface area contributed by atoms with E-state index in [4.69, 9.17) is 18.0 Å². The first kappa shape index (κ1) is 40.9. The molecule has 240 valence electrons. The maximum atomic E-state index is 13.1. The van der Waals surface area contributed by atoms with E-state index in [-0.39, 0.29) is 17.6 Å². The van der Waals surface area contributed by atoms with Gasteiger partial charge in [-0.2, -0.15) is 0 Å². The van der Waals surface area contributed by atoms with E-state index in [0.29, 0.717) is 26.2 Å². The number of carbonyl (C=O) groups is 1. The van der Waals surface area contributed by atoms with Gasteiger partial charge >= 0.3 is 47.9 Å². The zero-order valence-corrected chi connectivity index (χ0v) is 27.8. The third-order valence-electron chi connectivity index (χ3n) is 5.70. The summed E-state index contributed by atoms with van der Waals surface area (Å²) in [7, 11) is -15.1. The molecule has 0 radical (unpaired) electrons. The fourth-order valence-electron chi connectivity index (χ4n) is 4.26. The third kappa shape index (κ3) is 20.3. The molecule has 0 aromatic carbocycles. The molecule has 0 fully saturated rings. The average molecular weight is 640 g/mol.